The molecule has 0 amide bonds. The van der Waals surface area contributed by atoms with Crippen molar-refractivity contribution in [2.45, 2.75) is 19.4 Å². The molecular weight excluding hydrogens is 680 g/mol. The third-order valence-corrected chi connectivity index (χ3v) is 10.0. The van der Waals surface area contributed by atoms with Crippen LogP contribution in [0.4, 0.5) is 10.1 Å². The molecule has 0 saturated heterocycles. The van der Waals surface area contributed by atoms with Gasteiger partial charge in [-0.05, 0) is 89.2 Å². The van der Waals surface area contributed by atoms with Gasteiger partial charge in [-0.15, -0.1) is 0 Å². The molecule has 8 aromatic rings. The van der Waals surface area contributed by atoms with Crippen molar-refractivity contribution in [2.24, 2.45) is 0 Å². The SMILES string of the molecule is [C-]#[N+]c1ccc(-c2cccc(-c3nc(-c4cccc(-c5ccccc5)c4)nc(-c4cc(F)cc(-c5ccc6c(c5)OC(C)(C)c5ccccc5-6)c4)n3)c2)cc1. The maximum Gasteiger partial charge on any atom is 0.187 e. The van der Waals surface area contributed by atoms with Gasteiger partial charge in [-0.1, -0.05) is 127 Å². The van der Waals surface area contributed by atoms with E-state index in [4.69, 9.17) is 26.3 Å². The second kappa shape index (κ2) is 13.6. The predicted molar refractivity (Wildman–Crippen MR) is 218 cm³/mol. The van der Waals surface area contributed by atoms with Gasteiger partial charge in [-0.25, -0.2) is 24.2 Å². The Kier molecular flexibility index (Phi) is 8.33. The van der Waals surface area contributed by atoms with E-state index in [-0.39, 0.29) is 0 Å². The number of hydrogen-bond acceptors (Lipinski definition) is 4. The highest BCUT2D eigenvalue weighted by Gasteiger charge is 2.32. The third-order valence-electron chi connectivity index (χ3n) is 10.0. The fraction of sp³-hybridized carbons (Fsp3) is 0.0612. The summed E-state index contributed by atoms with van der Waals surface area (Å²) < 4.78 is 22.3. The molecule has 9 rings (SSSR count). The summed E-state index contributed by atoms with van der Waals surface area (Å²) in [5.41, 5.74) is 10.9. The number of ether oxygens (including phenoxy) is 1. The molecule has 1 aromatic heterocycles. The number of fused-ring (bicyclic) bond motifs is 3. The van der Waals surface area contributed by atoms with Crippen LogP contribution in [0.25, 0.3) is 83.5 Å². The Morgan fingerprint density at radius 3 is 1.65 bits per heavy atom. The first kappa shape index (κ1) is 33.6. The van der Waals surface area contributed by atoms with Gasteiger partial charge in [0.25, 0.3) is 0 Å². The number of rotatable bonds is 6. The van der Waals surface area contributed by atoms with Gasteiger partial charge in [0.05, 0.1) is 6.57 Å². The lowest BCUT2D eigenvalue weighted by Gasteiger charge is -2.35. The van der Waals surface area contributed by atoms with Crippen molar-refractivity contribution in [3.8, 4) is 84.4 Å². The molecule has 0 bridgehead atoms. The second-order valence-corrected chi connectivity index (χ2v) is 14.1. The van der Waals surface area contributed by atoms with Crippen LogP contribution in [0, 0.1) is 12.4 Å². The molecule has 0 atom stereocenters. The maximum atomic E-state index is 15.7. The van der Waals surface area contributed by atoms with Crippen LogP contribution in [0.2, 0.25) is 0 Å². The molecule has 0 unspecified atom stereocenters. The minimum atomic E-state index is -0.524. The van der Waals surface area contributed by atoms with Gasteiger partial charge < -0.3 is 4.74 Å². The Hall–Kier alpha value is -7.23. The molecule has 0 spiro atoms. The van der Waals surface area contributed by atoms with Crippen molar-refractivity contribution in [3.05, 3.63) is 187 Å². The van der Waals surface area contributed by atoms with Crippen molar-refractivity contribution in [1.82, 2.24) is 15.0 Å². The summed E-state index contributed by atoms with van der Waals surface area (Å²) >= 11 is 0. The van der Waals surface area contributed by atoms with Gasteiger partial charge in [0.2, 0.25) is 0 Å². The molecule has 2 heterocycles. The molecule has 55 heavy (non-hydrogen) atoms. The van der Waals surface area contributed by atoms with E-state index in [2.05, 4.69) is 55.1 Å². The van der Waals surface area contributed by atoms with Crippen molar-refractivity contribution >= 4 is 5.69 Å². The summed E-state index contributed by atoms with van der Waals surface area (Å²) in [6, 6.07) is 53.0. The van der Waals surface area contributed by atoms with Crippen LogP contribution >= 0.6 is 0 Å². The molecule has 1 aliphatic heterocycles. The number of halogens is 1. The summed E-state index contributed by atoms with van der Waals surface area (Å²) in [5.74, 6) is 1.62. The van der Waals surface area contributed by atoms with Crippen LogP contribution in [-0.2, 0) is 5.60 Å². The predicted octanol–water partition coefficient (Wildman–Crippen LogP) is 12.9. The molecule has 1 aliphatic rings. The molecule has 6 heteroatoms. The highest BCUT2D eigenvalue weighted by Crippen LogP contribution is 2.46. The largest absolute Gasteiger partial charge is 0.482 e. The zero-order valence-corrected chi connectivity index (χ0v) is 30.2. The molecule has 5 nitrogen and oxygen atoms in total. The Bertz CT molecular complexity index is 2790. The summed E-state index contributed by atoms with van der Waals surface area (Å²) in [6.07, 6.45) is 0. The third kappa shape index (κ3) is 6.53. The molecule has 0 N–H and O–H groups in total. The van der Waals surface area contributed by atoms with Gasteiger partial charge in [-0.3, -0.25) is 0 Å². The van der Waals surface area contributed by atoms with Gasteiger partial charge in [0, 0.05) is 27.8 Å². The van der Waals surface area contributed by atoms with E-state index in [0.717, 1.165) is 61.4 Å². The first-order valence-corrected chi connectivity index (χ1v) is 18.1. The topological polar surface area (TPSA) is 52.3 Å². The fourth-order valence-corrected chi connectivity index (χ4v) is 7.27. The number of benzene rings is 7. The van der Waals surface area contributed by atoms with Gasteiger partial charge in [0.15, 0.2) is 23.2 Å². The first-order chi connectivity index (χ1) is 26.8. The normalized spacial score (nSPS) is 12.5. The van der Waals surface area contributed by atoms with E-state index >= 15 is 4.39 Å². The molecule has 0 saturated carbocycles. The summed E-state index contributed by atoms with van der Waals surface area (Å²) in [6.45, 7) is 11.5. The lowest BCUT2D eigenvalue weighted by molar-refractivity contribution is 0.106. The monoisotopic (exact) mass is 712 g/mol. The fourth-order valence-electron chi connectivity index (χ4n) is 7.27. The average Bonchev–Trinajstić information content (AvgIpc) is 3.23. The van der Waals surface area contributed by atoms with Crippen LogP contribution in [0.1, 0.15) is 19.4 Å². The van der Waals surface area contributed by atoms with Crippen LogP contribution in [0.3, 0.4) is 0 Å². The van der Waals surface area contributed by atoms with Crippen LogP contribution < -0.4 is 4.74 Å². The lowest BCUT2D eigenvalue weighted by atomic mass is 9.85. The van der Waals surface area contributed by atoms with E-state index < -0.39 is 11.4 Å². The van der Waals surface area contributed by atoms with E-state index in [0.29, 0.717) is 34.3 Å². The van der Waals surface area contributed by atoms with Crippen molar-refractivity contribution in [1.29, 1.82) is 0 Å². The van der Waals surface area contributed by atoms with Crippen molar-refractivity contribution in [2.75, 3.05) is 0 Å². The molecular formula is C49H33FN4O. The van der Waals surface area contributed by atoms with E-state index in [1.165, 1.54) is 12.1 Å². The summed E-state index contributed by atoms with van der Waals surface area (Å²) in [5, 5.41) is 0. The number of hydrogen-bond donors (Lipinski definition) is 0. The molecule has 0 radical (unpaired) electrons. The molecule has 7 aromatic carbocycles. The Balaban J connectivity index is 1.17. The minimum absolute atomic E-state index is 0.349. The quantitative estimate of drug-likeness (QED) is 0.161. The zero-order valence-electron chi connectivity index (χ0n) is 30.2. The average molecular weight is 713 g/mol. The molecule has 0 aliphatic carbocycles. The smallest absolute Gasteiger partial charge is 0.187 e. The van der Waals surface area contributed by atoms with E-state index in [1.54, 1.807) is 0 Å². The van der Waals surface area contributed by atoms with Crippen LogP contribution in [0.15, 0.2) is 164 Å². The Morgan fingerprint density at radius 2 is 0.982 bits per heavy atom. The first-order valence-electron chi connectivity index (χ1n) is 18.1. The minimum Gasteiger partial charge on any atom is -0.482 e. The molecule has 262 valence electrons. The standard InChI is InChI=1S/C49H33FN4O/c1-49(2)44-18-8-7-17-42(44)43-24-21-35(30-45(43)55-49)38-27-39(29-40(50)28-38)48-53-46(36-15-9-13-33(25-36)31-11-5-4-6-12-31)52-47(54-48)37-16-10-14-34(26-37)32-19-22-41(51-3)23-20-32/h4-30H,1-2H3. The Labute approximate surface area is 319 Å². The highest BCUT2D eigenvalue weighted by atomic mass is 19.1. The van der Waals surface area contributed by atoms with Crippen LogP contribution in [-0.4, -0.2) is 15.0 Å². The van der Waals surface area contributed by atoms with Crippen molar-refractivity contribution < 1.29 is 9.13 Å². The van der Waals surface area contributed by atoms with E-state index in [9.17, 15) is 0 Å². The van der Waals surface area contributed by atoms with Crippen molar-refractivity contribution in [3.63, 3.8) is 0 Å². The second-order valence-electron chi connectivity index (χ2n) is 14.1. The van der Waals surface area contributed by atoms with Gasteiger partial charge in [-0.2, -0.15) is 0 Å². The summed E-state index contributed by atoms with van der Waals surface area (Å²) in [7, 11) is 0. The molecule has 0 fully saturated rings. The summed E-state index contributed by atoms with van der Waals surface area (Å²) in [4.78, 5) is 18.5. The number of nitrogens with zero attached hydrogens (tertiary/aromatic N) is 4. The zero-order chi connectivity index (χ0) is 37.5. The van der Waals surface area contributed by atoms with Gasteiger partial charge in [0.1, 0.15) is 17.2 Å². The lowest BCUT2D eigenvalue weighted by Crippen LogP contribution is -2.29. The van der Waals surface area contributed by atoms with E-state index in [1.807, 2.05) is 115 Å². The highest BCUT2D eigenvalue weighted by molar-refractivity contribution is 5.82. The number of aromatic nitrogens is 3. The Morgan fingerprint density at radius 1 is 0.473 bits per heavy atom. The van der Waals surface area contributed by atoms with Crippen LogP contribution in [0.5, 0.6) is 5.75 Å². The van der Waals surface area contributed by atoms with Gasteiger partial charge >= 0.3 is 0 Å². The maximum absolute atomic E-state index is 15.7.